The molecule has 0 spiro atoms. The van der Waals surface area contributed by atoms with Gasteiger partial charge in [-0.3, -0.25) is 4.90 Å². The summed E-state index contributed by atoms with van der Waals surface area (Å²) in [5, 5.41) is 2.91. The van der Waals surface area contributed by atoms with Gasteiger partial charge < -0.3 is 10.2 Å². The maximum absolute atomic E-state index is 12.8. The predicted molar refractivity (Wildman–Crippen MR) is 86.7 cm³/mol. The van der Waals surface area contributed by atoms with Crippen molar-refractivity contribution in [1.82, 2.24) is 9.80 Å². The molecule has 1 aliphatic rings. The van der Waals surface area contributed by atoms with Crippen LogP contribution in [0.25, 0.3) is 0 Å². The maximum Gasteiger partial charge on any atom is 0.501 e. The first-order chi connectivity index (χ1) is 11.1. The van der Waals surface area contributed by atoms with Crippen LogP contribution in [0.15, 0.2) is 29.2 Å². The topological polar surface area (TPSA) is 52.6 Å². The number of alkyl halides is 3. The van der Waals surface area contributed by atoms with Gasteiger partial charge in [-0.2, -0.15) is 13.2 Å². The average Bonchev–Trinajstić information content (AvgIpc) is 2.49. The molecule has 1 aromatic rings. The lowest BCUT2D eigenvalue weighted by Crippen LogP contribution is -2.47. The van der Waals surface area contributed by atoms with Gasteiger partial charge in [0.1, 0.15) is 0 Å². The second-order valence-electron chi connectivity index (χ2n) is 6.09. The third-order valence-corrected chi connectivity index (χ3v) is 5.56. The molecule has 24 heavy (non-hydrogen) atoms. The number of anilines is 1. The van der Waals surface area contributed by atoms with Gasteiger partial charge in [0.05, 0.1) is 10.6 Å². The summed E-state index contributed by atoms with van der Waals surface area (Å²) in [5.41, 5.74) is -5.33. The molecule has 1 aliphatic heterocycles. The van der Waals surface area contributed by atoms with Gasteiger partial charge in [0.15, 0.2) is 0 Å². The summed E-state index contributed by atoms with van der Waals surface area (Å²) in [6.07, 6.45) is 0. The van der Waals surface area contributed by atoms with E-state index in [-0.39, 0.29) is 11.7 Å². The van der Waals surface area contributed by atoms with E-state index >= 15 is 0 Å². The van der Waals surface area contributed by atoms with E-state index in [1.54, 1.807) is 0 Å². The summed E-state index contributed by atoms with van der Waals surface area (Å²) in [6.45, 7) is 6.09. The van der Waals surface area contributed by atoms with Crippen molar-refractivity contribution in [2.24, 2.45) is 0 Å². The monoisotopic (exact) mass is 365 g/mol. The Balaban J connectivity index is 2.10. The van der Waals surface area contributed by atoms with Crippen LogP contribution in [0.4, 0.5) is 18.9 Å². The molecular formula is C15H22F3N3O2S. The molecule has 5 nitrogen and oxygen atoms in total. The molecule has 1 unspecified atom stereocenters. The normalized spacial score (nSPS) is 19.2. The zero-order valence-corrected chi connectivity index (χ0v) is 14.5. The fourth-order valence-electron chi connectivity index (χ4n) is 2.67. The third kappa shape index (κ3) is 4.40. The summed E-state index contributed by atoms with van der Waals surface area (Å²) < 4.78 is 61.9. The lowest BCUT2D eigenvalue weighted by molar-refractivity contribution is -0.0435. The van der Waals surface area contributed by atoms with E-state index in [1.807, 2.05) is 14.0 Å². The highest BCUT2D eigenvalue weighted by Gasteiger charge is 2.48. The lowest BCUT2D eigenvalue weighted by Gasteiger charge is -2.34. The van der Waals surface area contributed by atoms with Gasteiger partial charge in [-0.25, -0.2) is 8.42 Å². The molecule has 0 aliphatic carbocycles. The lowest BCUT2D eigenvalue weighted by atomic mass is 10.2. The zero-order chi connectivity index (χ0) is 18.0. The molecule has 0 saturated carbocycles. The molecule has 0 amide bonds. The molecule has 9 heteroatoms. The smallest absolute Gasteiger partial charge is 0.380 e. The summed E-state index contributed by atoms with van der Waals surface area (Å²) in [6, 6.07) is 4.96. The van der Waals surface area contributed by atoms with Crippen molar-refractivity contribution in [1.29, 1.82) is 0 Å². The molecule has 1 heterocycles. The Morgan fingerprint density at radius 2 is 1.75 bits per heavy atom. The molecular weight excluding hydrogens is 343 g/mol. The van der Waals surface area contributed by atoms with Crippen molar-refractivity contribution in [2.75, 3.05) is 45.1 Å². The van der Waals surface area contributed by atoms with E-state index in [9.17, 15) is 21.6 Å². The molecule has 1 atom stereocenters. The first-order valence-electron chi connectivity index (χ1n) is 7.69. The van der Waals surface area contributed by atoms with Crippen molar-refractivity contribution in [2.45, 2.75) is 23.4 Å². The second kappa shape index (κ2) is 7.28. The molecule has 1 fully saturated rings. The Bertz CT molecular complexity index is 656. The van der Waals surface area contributed by atoms with Gasteiger partial charge in [-0.1, -0.05) is 12.1 Å². The number of sulfone groups is 1. The largest absolute Gasteiger partial charge is 0.501 e. The summed E-state index contributed by atoms with van der Waals surface area (Å²) >= 11 is 0. The van der Waals surface area contributed by atoms with Crippen molar-refractivity contribution < 1.29 is 21.6 Å². The molecule has 1 saturated heterocycles. The van der Waals surface area contributed by atoms with Crippen molar-refractivity contribution in [3.8, 4) is 0 Å². The van der Waals surface area contributed by atoms with E-state index in [0.29, 0.717) is 6.54 Å². The quantitative estimate of drug-likeness (QED) is 0.865. The fourth-order valence-corrected chi connectivity index (χ4v) is 3.60. The van der Waals surface area contributed by atoms with Gasteiger partial charge in [0.2, 0.25) is 0 Å². The van der Waals surface area contributed by atoms with Gasteiger partial charge >= 0.3 is 5.51 Å². The molecule has 0 bridgehead atoms. The van der Waals surface area contributed by atoms with Gasteiger partial charge in [0.25, 0.3) is 9.84 Å². The third-order valence-electron chi connectivity index (χ3n) is 4.01. The van der Waals surface area contributed by atoms with Crippen molar-refractivity contribution in [3.05, 3.63) is 24.3 Å². The molecule has 1 aromatic carbocycles. The minimum absolute atomic E-state index is 0.0172. The van der Waals surface area contributed by atoms with Crippen LogP contribution >= 0.6 is 0 Å². The Labute approximate surface area is 140 Å². The van der Waals surface area contributed by atoms with Crippen LogP contribution in [0.2, 0.25) is 0 Å². The first-order valence-corrected chi connectivity index (χ1v) is 9.17. The number of hydrogen-bond acceptors (Lipinski definition) is 5. The molecule has 0 radical (unpaired) electrons. The number of piperazine rings is 1. The summed E-state index contributed by atoms with van der Waals surface area (Å²) in [7, 11) is -3.34. The highest BCUT2D eigenvalue weighted by molar-refractivity contribution is 7.92. The van der Waals surface area contributed by atoms with E-state index in [1.165, 1.54) is 18.2 Å². The number of benzene rings is 1. The number of likely N-dealkylation sites (N-methyl/N-ethyl adjacent to an activating group) is 1. The minimum atomic E-state index is -5.38. The van der Waals surface area contributed by atoms with E-state index < -0.39 is 20.2 Å². The van der Waals surface area contributed by atoms with Crippen LogP contribution in [-0.4, -0.2) is 69.5 Å². The van der Waals surface area contributed by atoms with Crippen LogP contribution < -0.4 is 5.32 Å². The number of nitrogens with zero attached hydrogens (tertiary/aromatic N) is 2. The van der Waals surface area contributed by atoms with E-state index in [4.69, 9.17) is 0 Å². The fraction of sp³-hybridized carbons (Fsp3) is 0.600. The number of rotatable bonds is 5. The zero-order valence-electron chi connectivity index (χ0n) is 13.7. The van der Waals surface area contributed by atoms with Crippen LogP contribution in [0.1, 0.15) is 6.92 Å². The minimum Gasteiger partial charge on any atom is -0.380 e. The van der Waals surface area contributed by atoms with Crippen molar-refractivity contribution in [3.63, 3.8) is 0 Å². The van der Waals surface area contributed by atoms with E-state index in [2.05, 4.69) is 15.1 Å². The number of halogens is 3. The SMILES string of the molecule is CC(CN1CCN(C)CC1)Nc1ccccc1S(=O)(=O)C(F)(F)F. The van der Waals surface area contributed by atoms with Crippen molar-refractivity contribution >= 4 is 15.5 Å². The number of nitrogens with one attached hydrogen (secondary N) is 1. The second-order valence-corrected chi connectivity index (χ2v) is 8.00. The van der Waals surface area contributed by atoms with Gasteiger partial charge in [0, 0.05) is 38.8 Å². The Morgan fingerprint density at radius 1 is 1.17 bits per heavy atom. The first kappa shape index (κ1) is 19.0. The highest BCUT2D eigenvalue weighted by Crippen LogP contribution is 2.34. The average molecular weight is 365 g/mol. The van der Waals surface area contributed by atoms with Crippen LogP contribution in [-0.2, 0) is 9.84 Å². The molecule has 136 valence electrons. The number of para-hydroxylation sites is 1. The molecule has 2 rings (SSSR count). The predicted octanol–water partition coefficient (Wildman–Crippen LogP) is 2.03. The summed E-state index contributed by atoms with van der Waals surface area (Å²) in [4.78, 5) is 3.68. The maximum atomic E-state index is 12.8. The number of hydrogen-bond donors (Lipinski definition) is 1. The standard InChI is InChI=1S/C15H22F3N3O2S/c1-12(11-21-9-7-20(2)8-10-21)19-13-5-3-4-6-14(13)24(22,23)15(16,17)18/h3-6,12,19H,7-11H2,1-2H3. The summed E-state index contributed by atoms with van der Waals surface area (Å²) in [5.74, 6) is 0. The van der Waals surface area contributed by atoms with Crippen LogP contribution in [0.3, 0.4) is 0 Å². The van der Waals surface area contributed by atoms with Gasteiger partial charge in [-0.05, 0) is 26.1 Å². The van der Waals surface area contributed by atoms with Crippen LogP contribution in [0, 0.1) is 0 Å². The van der Waals surface area contributed by atoms with E-state index in [0.717, 1.165) is 32.2 Å². The highest BCUT2D eigenvalue weighted by atomic mass is 32.2. The Kier molecular flexibility index (Phi) is 5.77. The Morgan fingerprint density at radius 3 is 2.33 bits per heavy atom. The van der Waals surface area contributed by atoms with Gasteiger partial charge in [-0.15, -0.1) is 0 Å². The Hall–Kier alpha value is -1.32. The van der Waals surface area contributed by atoms with Crippen LogP contribution in [0.5, 0.6) is 0 Å². The molecule has 1 N–H and O–H groups in total. The molecule has 0 aromatic heterocycles.